The molecule has 2 amide bonds. The lowest BCUT2D eigenvalue weighted by Gasteiger charge is -2.20. The second kappa shape index (κ2) is 7.68. The molecule has 1 atom stereocenters. The number of urea groups is 1. The average Bonchev–Trinajstić information content (AvgIpc) is 3.21. The summed E-state index contributed by atoms with van der Waals surface area (Å²) < 4.78 is 11.3. The zero-order chi connectivity index (χ0) is 16.1. The Kier molecular flexibility index (Phi) is 5.39. The number of hydrogen-bond donors (Lipinski definition) is 1. The normalized spacial score (nSPS) is 21.6. The van der Waals surface area contributed by atoms with E-state index in [9.17, 15) is 4.79 Å². The van der Waals surface area contributed by atoms with Crippen LogP contribution in [-0.2, 0) is 4.74 Å². The van der Waals surface area contributed by atoms with E-state index < -0.39 is 0 Å². The number of rotatable bonds is 5. The van der Waals surface area contributed by atoms with Gasteiger partial charge in [-0.3, -0.25) is 0 Å². The van der Waals surface area contributed by atoms with Crippen LogP contribution in [0.4, 0.5) is 10.5 Å². The molecule has 2 fully saturated rings. The Hall–Kier alpha value is -1.75. The van der Waals surface area contributed by atoms with Crippen LogP contribution in [0.15, 0.2) is 24.3 Å². The maximum atomic E-state index is 12.5. The van der Waals surface area contributed by atoms with Crippen molar-refractivity contribution in [2.45, 2.75) is 38.2 Å². The summed E-state index contributed by atoms with van der Waals surface area (Å²) in [5.74, 6) is 1.22. The Bertz CT molecular complexity index is 529. The van der Waals surface area contributed by atoms with Crippen molar-refractivity contribution in [2.75, 3.05) is 32.1 Å². The van der Waals surface area contributed by atoms with Gasteiger partial charge in [0.15, 0.2) is 0 Å². The van der Waals surface area contributed by atoms with E-state index in [1.54, 1.807) is 7.11 Å². The van der Waals surface area contributed by atoms with Crippen LogP contribution >= 0.6 is 0 Å². The molecule has 2 aliphatic rings. The highest BCUT2D eigenvalue weighted by Crippen LogP contribution is 2.30. The molecule has 0 radical (unpaired) electrons. The topological polar surface area (TPSA) is 50.8 Å². The van der Waals surface area contributed by atoms with Crippen LogP contribution in [0.5, 0.6) is 5.75 Å². The van der Waals surface area contributed by atoms with Gasteiger partial charge >= 0.3 is 6.03 Å². The summed E-state index contributed by atoms with van der Waals surface area (Å²) in [5.41, 5.74) is 0.764. The molecule has 0 aromatic heterocycles. The highest BCUT2D eigenvalue weighted by Gasteiger charge is 2.27. The molecule has 5 nitrogen and oxygen atoms in total. The number of carbonyl (C=O) groups is 1. The number of methoxy groups -OCH3 is 1. The predicted octanol–water partition coefficient (Wildman–Crippen LogP) is 3.51. The maximum Gasteiger partial charge on any atom is 0.321 e. The van der Waals surface area contributed by atoms with Crippen molar-refractivity contribution in [3.05, 3.63) is 24.3 Å². The van der Waals surface area contributed by atoms with Gasteiger partial charge in [-0.05, 0) is 44.2 Å². The van der Waals surface area contributed by atoms with E-state index in [1.807, 2.05) is 29.2 Å². The van der Waals surface area contributed by atoms with Crippen molar-refractivity contribution in [2.24, 2.45) is 5.92 Å². The molecule has 0 bridgehead atoms. The van der Waals surface area contributed by atoms with Crippen molar-refractivity contribution in [3.63, 3.8) is 0 Å². The first-order valence-corrected chi connectivity index (χ1v) is 8.57. The highest BCUT2D eigenvalue weighted by atomic mass is 16.5. The molecule has 1 saturated heterocycles. The van der Waals surface area contributed by atoms with Crippen LogP contribution in [0.1, 0.15) is 32.1 Å². The first-order chi connectivity index (χ1) is 11.3. The van der Waals surface area contributed by atoms with Crippen LogP contribution in [-0.4, -0.2) is 43.8 Å². The molecule has 1 heterocycles. The molecule has 1 unspecified atom stereocenters. The standard InChI is InChI=1S/C18H26N2O3/c1-22-13-14-10-11-20(12-14)18(21)19-16-8-4-5-9-17(16)23-15-6-2-3-7-15/h4-5,8-9,14-15H,2-3,6-7,10-13H2,1H3,(H,19,21). The van der Waals surface area contributed by atoms with Gasteiger partial charge < -0.3 is 19.7 Å². The summed E-state index contributed by atoms with van der Waals surface area (Å²) >= 11 is 0. The van der Waals surface area contributed by atoms with Crippen molar-refractivity contribution in [1.29, 1.82) is 0 Å². The zero-order valence-electron chi connectivity index (χ0n) is 13.8. The Morgan fingerprint density at radius 3 is 2.83 bits per heavy atom. The number of hydrogen-bond acceptors (Lipinski definition) is 3. The van der Waals surface area contributed by atoms with Gasteiger partial charge in [0.1, 0.15) is 5.75 Å². The number of para-hydroxylation sites is 2. The van der Waals surface area contributed by atoms with E-state index in [2.05, 4.69) is 5.32 Å². The molecule has 1 aromatic carbocycles. The van der Waals surface area contributed by atoms with Crippen molar-refractivity contribution in [1.82, 2.24) is 4.90 Å². The number of nitrogens with zero attached hydrogens (tertiary/aromatic N) is 1. The van der Waals surface area contributed by atoms with E-state index in [1.165, 1.54) is 12.8 Å². The highest BCUT2D eigenvalue weighted by molar-refractivity contribution is 5.91. The lowest BCUT2D eigenvalue weighted by Crippen LogP contribution is -2.33. The molecule has 1 saturated carbocycles. The first kappa shape index (κ1) is 16.1. The lowest BCUT2D eigenvalue weighted by atomic mass is 10.1. The van der Waals surface area contributed by atoms with Crippen LogP contribution in [0.3, 0.4) is 0 Å². The Morgan fingerprint density at radius 1 is 1.26 bits per heavy atom. The summed E-state index contributed by atoms with van der Waals surface area (Å²) in [5, 5.41) is 3.01. The second-order valence-electron chi connectivity index (χ2n) is 6.51. The SMILES string of the molecule is COCC1CCN(C(=O)Nc2ccccc2OC2CCCC2)C1. The summed E-state index contributed by atoms with van der Waals surface area (Å²) in [7, 11) is 1.71. The molecule has 23 heavy (non-hydrogen) atoms. The fourth-order valence-electron chi connectivity index (χ4n) is 3.44. The molecule has 1 N–H and O–H groups in total. The molecule has 1 aromatic rings. The fourth-order valence-corrected chi connectivity index (χ4v) is 3.44. The number of likely N-dealkylation sites (tertiary alicyclic amines) is 1. The third-order valence-corrected chi connectivity index (χ3v) is 4.70. The predicted molar refractivity (Wildman–Crippen MR) is 89.9 cm³/mol. The number of amides is 2. The summed E-state index contributed by atoms with van der Waals surface area (Å²) in [4.78, 5) is 14.3. The smallest absolute Gasteiger partial charge is 0.321 e. The monoisotopic (exact) mass is 318 g/mol. The summed E-state index contributed by atoms with van der Waals surface area (Å²) in [6, 6.07) is 7.67. The number of carbonyl (C=O) groups excluding carboxylic acids is 1. The van der Waals surface area contributed by atoms with Crippen LogP contribution in [0.2, 0.25) is 0 Å². The number of nitrogens with one attached hydrogen (secondary N) is 1. The molecule has 5 heteroatoms. The van der Waals surface area contributed by atoms with Gasteiger partial charge in [-0.25, -0.2) is 4.79 Å². The van der Waals surface area contributed by atoms with E-state index >= 15 is 0 Å². The minimum absolute atomic E-state index is 0.0499. The van der Waals surface area contributed by atoms with Gasteiger partial charge in [-0.2, -0.15) is 0 Å². The third kappa shape index (κ3) is 4.16. The van der Waals surface area contributed by atoms with Crippen LogP contribution in [0.25, 0.3) is 0 Å². The van der Waals surface area contributed by atoms with Gasteiger partial charge in [0.2, 0.25) is 0 Å². The lowest BCUT2D eigenvalue weighted by molar-refractivity contribution is 0.154. The molecular formula is C18H26N2O3. The van der Waals surface area contributed by atoms with Gasteiger partial charge in [0, 0.05) is 26.1 Å². The number of benzene rings is 1. The van der Waals surface area contributed by atoms with Crippen molar-refractivity contribution < 1.29 is 14.3 Å². The Labute approximate surface area is 137 Å². The van der Waals surface area contributed by atoms with E-state index in [-0.39, 0.29) is 12.1 Å². The van der Waals surface area contributed by atoms with E-state index in [0.717, 1.165) is 43.8 Å². The van der Waals surface area contributed by atoms with Crippen molar-refractivity contribution in [3.8, 4) is 5.75 Å². The molecule has 1 aliphatic carbocycles. The Morgan fingerprint density at radius 2 is 2.04 bits per heavy atom. The molecule has 1 aliphatic heterocycles. The molecule has 3 rings (SSSR count). The average molecular weight is 318 g/mol. The Balaban J connectivity index is 1.60. The van der Waals surface area contributed by atoms with Gasteiger partial charge in [-0.15, -0.1) is 0 Å². The van der Waals surface area contributed by atoms with Crippen molar-refractivity contribution >= 4 is 11.7 Å². The quantitative estimate of drug-likeness (QED) is 0.904. The molecular weight excluding hydrogens is 292 g/mol. The number of anilines is 1. The summed E-state index contributed by atoms with van der Waals surface area (Å²) in [6.45, 7) is 2.25. The summed E-state index contributed by atoms with van der Waals surface area (Å²) in [6.07, 6.45) is 5.95. The molecule has 0 spiro atoms. The van der Waals surface area contributed by atoms with Crippen LogP contribution < -0.4 is 10.1 Å². The van der Waals surface area contributed by atoms with E-state index in [4.69, 9.17) is 9.47 Å². The van der Waals surface area contributed by atoms with Crippen LogP contribution in [0, 0.1) is 5.92 Å². The first-order valence-electron chi connectivity index (χ1n) is 8.57. The maximum absolute atomic E-state index is 12.5. The molecule has 126 valence electrons. The third-order valence-electron chi connectivity index (χ3n) is 4.70. The van der Waals surface area contributed by atoms with Gasteiger partial charge in [0.25, 0.3) is 0 Å². The second-order valence-corrected chi connectivity index (χ2v) is 6.51. The van der Waals surface area contributed by atoms with Gasteiger partial charge in [0.05, 0.1) is 18.4 Å². The minimum Gasteiger partial charge on any atom is -0.488 e. The van der Waals surface area contributed by atoms with E-state index in [0.29, 0.717) is 12.5 Å². The zero-order valence-corrected chi connectivity index (χ0v) is 13.8. The largest absolute Gasteiger partial charge is 0.488 e. The minimum atomic E-state index is -0.0499. The number of ether oxygens (including phenoxy) is 2. The fraction of sp³-hybridized carbons (Fsp3) is 0.611. The van der Waals surface area contributed by atoms with Gasteiger partial charge in [-0.1, -0.05) is 12.1 Å².